The summed E-state index contributed by atoms with van der Waals surface area (Å²) in [6, 6.07) is 8.03. The molecule has 0 unspecified atom stereocenters. The molecule has 0 aliphatic heterocycles. The largest absolute Gasteiger partial charge is 0.490 e. The van der Waals surface area contributed by atoms with Gasteiger partial charge in [-0.1, -0.05) is 36.4 Å². The summed E-state index contributed by atoms with van der Waals surface area (Å²) in [5.74, 6) is 0.889. The zero-order valence-corrected chi connectivity index (χ0v) is 8.79. The Bertz CT molecular complexity index is 333. The van der Waals surface area contributed by atoms with Crippen LogP contribution in [0.3, 0.4) is 0 Å². The van der Waals surface area contributed by atoms with Crippen LogP contribution in [0.25, 0.3) is 6.08 Å². The molecule has 0 aliphatic carbocycles. The Morgan fingerprint density at radius 3 is 2.86 bits per heavy atom. The first-order chi connectivity index (χ1) is 6.72. The molecule has 1 aromatic rings. The SMILES string of the molecule is C=CCOc1cccc(C=C(C)C)c1. The highest BCUT2D eigenvalue weighted by molar-refractivity contribution is 5.53. The molecule has 0 N–H and O–H groups in total. The Morgan fingerprint density at radius 2 is 2.21 bits per heavy atom. The fraction of sp³-hybridized carbons (Fsp3) is 0.231. The lowest BCUT2D eigenvalue weighted by Crippen LogP contribution is -1.92. The lowest BCUT2D eigenvalue weighted by Gasteiger charge is -2.03. The molecule has 1 rings (SSSR count). The highest BCUT2D eigenvalue weighted by Crippen LogP contribution is 2.15. The maximum Gasteiger partial charge on any atom is 0.120 e. The first kappa shape index (κ1) is 10.6. The number of rotatable bonds is 4. The van der Waals surface area contributed by atoms with Crippen LogP contribution in [0.1, 0.15) is 19.4 Å². The summed E-state index contributed by atoms with van der Waals surface area (Å²) in [6.07, 6.45) is 3.87. The van der Waals surface area contributed by atoms with Gasteiger partial charge in [0.1, 0.15) is 12.4 Å². The van der Waals surface area contributed by atoms with E-state index in [2.05, 4.69) is 32.6 Å². The van der Waals surface area contributed by atoms with E-state index in [1.165, 1.54) is 11.1 Å². The number of benzene rings is 1. The zero-order chi connectivity index (χ0) is 10.4. The van der Waals surface area contributed by atoms with Gasteiger partial charge in [0, 0.05) is 0 Å². The van der Waals surface area contributed by atoms with E-state index < -0.39 is 0 Å². The van der Waals surface area contributed by atoms with Crippen molar-refractivity contribution in [2.45, 2.75) is 13.8 Å². The standard InChI is InChI=1S/C13H16O/c1-4-8-14-13-7-5-6-12(10-13)9-11(2)3/h4-7,9-10H,1,8H2,2-3H3. The molecule has 1 aromatic carbocycles. The van der Waals surface area contributed by atoms with Gasteiger partial charge in [-0.25, -0.2) is 0 Å². The average Bonchev–Trinajstić information content (AvgIpc) is 2.14. The minimum Gasteiger partial charge on any atom is -0.490 e. The van der Waals surface area contributed by atoms with Crippen molar-refractivity contribution in [1.82, 2.24) is 0 Å². The van der Waals surface area contributed by atoms with E-state index in [-0.39, 0.29) is 0 Å². The van der Waals surface area contributed by atoms with Crippen LogP contribution in [0, 0.1) is 0 Å². The highest BCUT2D eigenvalue weighted by Gasteiger charge is 1.93. The van der Waals surface area contributed by atoms with Crippen LogP contribution < -0.4 is 4.74 Å². The van der Waals surface area contributed by atoms with Gasteiger partial charge in [0.25, 0.3) is 0 Å². The van der Waals surface area contributed by atoms with Crippen molar-refractivity contribution in [3.05, 3.63) is 48.1 Å². The molecule has 0 aromatic heterocycles. The molecule has 0 saturated carbocycles. The van der Waals surface area contributed by atoms with Crippen molar-refractivity contribution in [2.24, 2.45) is 0 Å². The number of allylic oxidation sites excluding steroid dienone is 1. The third kappa shape index (κ3) is 3.48. The number of hydrogen-bond acceptors (Lipinski definition) is 1. The predicted molar refractivity (Wildman–Crippen MR) is 61.5 cm³/mol. The van der Waals surface area contributed by atoms with E-state index >= 15 is 0 Å². The summed E-state index contributed by atoms with van der Waals surface area (Å²) in [5, 5.41) is 0. The summed E-state index contributed by atoms with van der Waals surface area (Å²) in [7, 11) is 0. The van der Waals surface area contributed by atoms with Gasteiger partial charge in [0.15, 0.2) is 0 Å². The van der Waals surface area contributed by atoms with Gasteiger partial charge in [0.2, 0.25) is 0 Å². The van der Waals surface area contributed by atoms with Gasteiger partial charge in [-0.2, -0.15) is 0 Å². The van der Waals surface area contributed by atoms with Crippen molar-refractivity contribution in [3.63, 3.8) is 0 Å². The quantitative estimate of drug-likeness (QED) is 0.655. The Kier molecular flexibility index (Phi) is 3.99. The third-order valence-electron chi connectivity index (χ3n) is 1.68. The second kappa shape index (κ2) is 5.28. The first-order valence-electron chi connectivity index (χ1n) is 4.71. The molecule has 1 heteroatoms. The van der Waals surface area contributed by atoms with E-state index in [9.17, 15) is 0 Å². The van der Waals surface area contributed by atoms with Gasteiger partial charge in [-0.3, -0.25) is 0 Å². The van der Waals surface area contributed by atoms with Crippen molar-refractivity contribution in [3.8, 4) is 5.75 Å². The van der Waals surface area contributed by atoms with Crippen LogP contribution in [-0.2, 0) is 0 Å². The predicted octanol–water partition coefficient (Wildman–Crippen LogP) is 3.67. The van der Waals surface area contributed by atoms with E-state index in [4.69, 9.17) is 4.74 Å². The molecule has 0 spiro atoms. The number of hydrogen-bond donors (Lipinski definition) is 0. The molecule has 0 amide bonds. The minimum absolute atomic E-state index is 0.554. The smallest absolute Gasteiger partial charge is 0.120 e. The zero-order valence-electron chi connectivity index (χ0n) is 8.79. The third-order valence-corrected chi connectivity index (χ3v) is 1.68. The molecule has 1 nitrogen and oxygen atoms in total. The molecule has 0 saturated heterocycles. The Hall–Kier alpha value is -1.50. The lowest BCUT2D eigenvalue weighted by molar-refractivity contribution is 0.363. The molecule has 0 bridgehead atoms. The normalized spacial score (nSPS) is 9.29. The fourth-order valence-corrected chi connectivity index (χ4v) is 1.18. The molecule has 74 valence electrons. The van der Waals surface area contributed by atoms with Crippen molar-refractivity contribution in [1.29, 1.82) is 0 Å². The molecule has 0 radical (unpaired) electrons. The van der Waals surface area contributed by atoms with Crippen LogP contribution in [-0.4, -0.2) is 6.61 Å². The first-order valence-corrected chi connectivity index (χ1v) is 4.71. The Balaban J connectivity index is 2.78. The van der Waals surface area contributed by atoms with Crippen LogP contribution in [0.2, 0.25) is 0 Å². The lowest BCUT2D eigenvalue weighted by atomic mass is 10.1. The van der Waals surface area contributed by atoms with Gasteiger partial charge in [-0.05, 0) is 31.5 Å². The fourth-order valence-electron chi connectivity index (χ4n) is 1.18. The maximum atomic E-state index is 5.43. The summed E-state index contributed by atoms with van der Waals surface area (Å²) < 4.78 is 5.43. The van der Waals surface area contributed by atoms with E-state index in [0.717, 1.165) is 5.75 Å². The monoisotopic (exact) mass is 188 g/mol. The molecule has 0 fully saturated rings. The van der Waals surface area contributed by atoms with Crippen LogP contribution in [0.5, 0.6) is 5.75 Å². The summed E-state index contributed by atoms with van der Waals surface area (Å²) in [6.45, 7) is 8.32. The molecular weight excluding hydrogens is 172 g/mol. The Labute approximate surface area is 85.7 Å². The second-order valence-corrected chi connectivity index (χ2v) is 3.39. The van der Waals surface area contributed by atoms with Gasteiger partial charge in [-0.15, -0.1) is 0 Å². The van der Waals surface area contributed by atoms with E-state index in [1.54, 1.807) is 6.08 Å². The van der Waals surface area contributed by atoms with Gasteiger partial charge in [0.05, 0.1) is 0 Å². The molecule has 14 heavy (non-hydrogen) atoms. The summed E-state index contributed by atoms with van der Waals surface area (Å²) >= 11 is 0. The maximum absolute atomic E-state index is 5.43. The second-order valence-electron chi connectivity index (χ2n) is 3.39. The van der Waals surface area contributed by atoms with Gasteiger partial charge < -0.3 is 4.74 Å². The van der Waals surface area contributed by atoms with Crippen molar-refractivity contribution in [2.75, 3.05) is 6.61 Å². The Morgan fingerprint density at radius 1 is 1.43 bits per heavy atom. The van der Waals surface area contributed by atoms with Crippen LogP contribution >= 0.6 is 0 Å². The van der Waals surface area contributed by atoms with Crippen molar-refractivity contribution >= 4 is 6.08 Å². The van der Waals surface area contributed by atoms with Crippen LogP contribution in [0.4, 0.5) is 0 Å². The van der Waals surface area contributed by atoms with Gasteiger partial charge >= 0.3 is 0 Å². The summed E-state index contributed by atoms with van der Waals surface area (Å²) in [4.78, 5) is 0. The average molecular weight is 188 g/mol. The minimum atomic E-state index is 0.554. The topological polar surface area (TPSA) is 9.23 Å². The molecular formula is C13H16O. The highest BCUT2D eigenvalue weighted by atomic mass is 16.5. The van der Waals surface area contributed by atoms with E-state index in [0.29, 0.717) is 6.61 Å². The van der Waals surface area contributed by atoms with Crippen LogP contribution in [0.15, 0.2) is 42.5 Å². The van der Waals surface area contributed by atoms with E-state index in [1.807, 2.05) is 18.2 Å². The molecule has 0 heterocycles. The van der Waals surface area contributed by atoms with Crippen molar-refractivity contribution < 1.29 is 4.74 Å². The number of ether oxygens (including phenoxy) is 1. The summed E-state index contributed by atoms with van der Waals surface area (Å²) in [5.41, 5.74) is 2.46. The molecule has 0 aliphatic rings. The molecule has 0 atom stereocenters.